The first-order chi connectivity index (χ1) is 8.77. The molecule has 2 rings (SSSR count). The fraction of sp³-hybridized carbons (Fsp3) is 0.667. The smallest absolute Gasteiger partial charge is 0.0494 e. The van der Waals surface area contributed by atoms with Crippen LogP contribution < -0.4 is 11.3 Å². The van der Waals surface area contributed by atoms with E-state index in [4.69, 9.17) is 5.84 Å². The Morgan fingerprint density at radius 3 is 2.89 bits per heavy atom. The number of nitrogens with two attached hydrogens (primary N) is 1. The van der Waals surface area contributed by atoms with E-state index in [9.17, 15) is 0 Å². The lowest BCUT2D eigenvalue weighted by Crippen LogP contribution is -2.38. The van der Waals surface area contributed by atoms with E-state index in [1.54, 1.807) is 0 Å². The van der Waals surface area contributed by atoms with Gasteiger partial charge in [-0.2, -0.15) is 0 Å². The predicted octanol–water partition coefficient (Wildman–Crippen LogP) is 3.11. The summed E-state index contributed by atoms with van der Waals surface area (Å²) in [7, 11) is 0. The third-order valence-electron chi connectivity index (χ3n) is 4.50. The molecule has 1 aliphatic rings. The van der Waals surface area contributed by atoms with Crippen molar-refractivity contribution in [2.24, 2.45) is 17.7 Å². The van der Waals surface area contributed by atoms with Gasteiger partial charge in [0.1, 0.15) is 0 Å². The highest BCUT2D eigenvalue weighted by atomic mass is 15.2. The van der Waals surface area contributed by atoms with Gasteiger partial charge in [-0.1, -0.05) is 32.6 Å². The minimum absolute atomic E-state index is 0.276. The van der Waals surface area contributed by atoms with Gasteiger partial charge in [-0.25, -0.2) is 0 Å². The molecule has 18 heavy (non-hydrogen) atoms. The third-order valence-corrected chi connectivity index (χ3v) is 4.50. The average molecular weight is 247 g/mol. The molecule has 1 aromatic heterocycles. The second-order valence-corrected chi connectivity index (χ2v) is 5.49. The maximum atomic E-state index is 5.85. The molecule has 0 saturated heterocycles. The standard InChI is InChI=1S/C15H25N3/c1-3-12-6-4-5-7-14(12)15(18-16)13-8-9-17-10-11(13)2/h8-10,12,14-15,18H,3-7,16H2,1-2H3. The maximum absolute atomic E-state index is 5.85. The van der Waals surface area contributed by atoms with E-state index < -0.39 is 0 Å². The first-order valence-electron chi connectivity index (χ1n) is 7.14. The molecule has 0 bridgehead atoms. The van der Waals surface area contributed by atoms with Crippen LogP contribution in [0.3, 0.4) is 0 Å². The van der Waals surface area contributed by atoms with E-state index in [0.717, 1.165) is 5.92 Å². The molecule has 1 heterocycles. The Bertz CT molecular complexity index is 378. The number of nitrogens with zero attached hydrogens (tertiary/aromatic N) is 1. The molecule has 0 amide bonds. The molecular weight excluding hydrogens is 222 g/mol. The first kappa shape index (κ1) is 13.5. The normalized spacial score (nSPS) is 25.9. The number of aromatic nitrogens is 1. The Kier molecular flexibility index (Phi) is 4.72. The summed E-state index contributed by atoms with van der Waals surface area (Å²) in [6, 6.07) is 2.39. The van der Waals surface area contributed by atoms with Gasteiger partial charge in [-0.3, -0.25) is 16.3 Å². The van der Waals surface area contributed by atoms with Crippen LogP contribution in [0.5, 0.6) is 0 Å². The van der Waals surface area contributed by atoms with Crippen LogP contribution in [-0.4, -0.2) is 4.98 Å². The van der Waals surface area contributed by atoms with Crippen molar-refractivity contribution in [3.8, 4) is 0 Å². The number of hydrogen-bond acceptors (Lipinski definition) is 3. The van der Waals surface area contributed by atoms with Gasteiger partial charge in [0.15, 0.2) is 0 Å². The molecule has 3 atom stereocenters. The molecule has 0 aromatic carbocycles. The van der Waals surface area contributed by atoms with Crippen molar-refractivity contribution in [1.82, 2.24) is 10.4 Å². The summed E-state index contributed by atoms with van der Waals surface area (Å²) in [6.07, 6.45) is 10.4. The molecule has 3 unspecified atom stereocenters. The predicted molar refractivity (Wildman–Crippen MR) is 74.8 cm³/mol. The number of rotatable bonds is 4. The van der Waals surface area contributed by atoms with Crippen molar-refractivity contribution >= 4 is 0 Å². The number of aryl methyl sites for hydroxylation is 1. The summed E-state index contributed by atoms with van der Waals surface area (Å²) in [5.41, 5.74) is 5.62. The fourth-order valence-corrected chi connectivity index (χ4v) is 3.46. The summed E-state index contributed by atoms with van der Waals surface area (Å²) < 4.78 is 0. The summed E-state index contributed by atoms with van der Waals surface area (Å²) in [5.74, 6) is 7.31. The molecular formula is C15H25N3. The van der Waals surface area contributed by atoms with Gasteiger partial charge in [-0.15, -0.1) is 0 Å². The first-order valence-corrected chi connectivity index (χ1v) is 7.14. The Morgan fingerprint density at radius 1 is 1.44 bits per heavy atom. The Hall–Kier alpha value is -0.930. The average Bonchev–Trinajstić information content (AvgIpc) is 2.42. The monoisotopic (exact) mass is 247 g/mol. The van der Waals surface area contributed by atoms with Crippen molar-refractivity contribution in [3.05, 3.63) is 29.6 Å². The molecule has 3 nitrogen and oxygen atoms in total. The molecule has 0 radical (unpaired) electrons. The number of hydrazine groups is 1. The second-order valence-electron chi connectivity index (χ2n) is 5.49. The molecule has 100 valence electrons. The van der Waals surface area contributed by atoms with Gasteiger partial charge in [-0.05, 0) is 42.4 Å². The summed E-state index contributed by atoms with van der Waals surface area (Å²) in [4.78, 5) is 4.18. The molecule has 1 aromatic rings. The van der Waals surface area contributed by atoms with Crippen molar-refractivity contribution in [3.63, 3.8) is 0 Å². The van der Waals surface area contributed by atoms with Gasteiger partial charge < -0.3 is 0 Å². The van der Waals surface area contributed by atoms with Crippen LogP contribution in [0.2, 0.25) is 0 Å². The topological polar surface area (TPSA) is 50.9 Å². The van der Waals surface area contributed by atoms with E-state index >= 15 is 0 Å². The van der Waals surface area contributed by atoms with Crippen molar-refractivity contribution in [1.29, 1.82) is 0 Å². The van der Waals surface area contributed by atoms with Crippen molar-refractivity contribution in [2.75, 3.05) is 0 Å². The quantitative estimate of drug-likeness (QED) is 0.635. The summed E-state index contributed by atoms with van der Waals surface area (Å²) >= 11 is 0. The Balaban J connectivity index is 2.24. The third kappa shape index (κ3) is 2.73. The van der Waals surface area contributed by atoms with Crippen molar-refractivity contribution in [2.45, 2.75) is 52.0 Å². The number of pyridine rings is 1. The van der Waals surface area contributed by atoms with Gasteiger partial charge in [0.05, 0.1) is 0 Å². The van der Waals surface area contributed by atoms with E-state index in [2.05, 4.69) is 30.3 Å². The minimum Gasteiger partial charge on any atom is -0.271 e. The lowest BCUT2D eigenvalue weighted by atomic mass is 9.72. The minimum atomic E-state index is 0.276. The van der Waals surface area contributed by atoms with Gasteiger partial charge in [0.25, 0.3) is 0 Å². The van der Waals surface area contributed by atoms with E-state index in [1.165, 1.54) is 43.2 Å². The molecule has 3 heteroatoms. The zero-order valence-corrected chi connectivity index (χ0v) is 11.5. The van der Waals surface area contributed by atoms with E-state index in [1.807, 2.05) is 12.4 Å². The SMILES string of the molecule is CCC1CCCCC1C(NN)c1ccncc1C. The van der Waals surface area contributed by atoms with Gasteiger partial charge >= 0.3 is 0 Å². The zero-order valence-electron chi connectivity index (χ0n) is 11.5. The lowest BCUT2D eigenvalue weighted by molar-refractivity contribution is 0.175. The van der Waals surface area contributed by atoms with E-state index in [-0.39, 0.29) is 6.04 Å². The second kappa shape index (κ2) is 6.30. The van der Waals surface area contributed by atoms with Gasteiger partial charge in [0.2, 0.25) is 0 Å². The number of hydrogen-bond donors (Lipinski definition) is 2. The Morgan fingerprint density at radius 2 is 2.22 bits per heavy atom. The van der Waals surface area contributed by atoms with E-state index in [0.29, 0.717) is 5.92 Å². The van der Waals surface area contributed by atoms with Crippen molar-refractivity contribution < 1.29 is 0 Å². The van der Waals surface area contributed by atoms with Crippen LogP contribution in [-0.2, 0) is 0 Å². The molecule has 1 saturated carbocycles. The highest BCUT2D eigenvalue weighted by Crippen LogP contribution is 2.40. The summed E-state index contributed by atoms with van der Waals surface area (Å²) in [6.45, 7) is 4.42. The fourth-order valence-electron chi connectivity index (χ4n) is 3.46. The maximum Gasteiger partial charge on any atom is 0.0494 e. The largest absolute Gasteiger partial charge is 0.271 e. The van der Waals surface area contributed by atoms with Crippen LogP contribution >= 0.6 is 0 Å². The highest BCUT2D eigenvalue weighted by Gasteiger charge is 2.31. The van der Waals surface area contributed by atoms with Crippen LogP contribution in [0, 0.1) is 18.8 Å². The molecule has 1 fully saturated rings. The van der Waals surface area contributed by atoms with Crippen LogP contribution in [0.4, 0.5) is 0 Å². The summed E-state index contributed by atoms with van der Waals surface area (Å²) in [5, 5.41) is 0. The van der Waals surface area contributed by atoms with Crippen LogP contribution in [0.15, 0.2) is 18.5 Å². The van der Waals surface area contributed by atoms with Gasteiger partial charge in [0, 0.05) is 18.4 Å². The molecule has 3 N–H and O–H groups in total. The van der Waals surface area contributed by atoms with Crippen LogP contribution in [0.25, 0.3) is 0 Å². The highest BCUT2D eigenvalue weighted by molar-refractivity contribution is 5.26. The molecule has 0 spiro atoms. The molecule has 0 aliphatic heterocycles. The van der Waals surface area contributed by atoms with Crippen LogP contribution in [0.1, 0.15) is 56.2 Å². The Labute approximate surface area is 110 Å². The molecule has 1 aliphatic carbocycles. The zero-order chi connectivity index (χ0) is 13.0. The number of nitrogens with one attached hydrogen (secondary N) is 1. The lowest BCUT2D eigenvalue weighted by Gasteiger charge is -2.37.